The van der Waals surface area contributed by atoms with Crippen molar-refractivity contribution in [1.82, 2.24) is 25.1 Å². The molecular formula is C13H18ClN5. The van der Waals surface area contributed by atoms with Crippen molar-refractivity contribution in [3.05, 3.63) is 40.7 Å². The van der Waals surface area contributed by atoms with Crippen LogP contribution in [0.25, 0.3) is 0 Å². The number of hydrogen-bond donors (Lipinski definition) is 1. The van der Waals surface area contributed by atoms with Crippen molar-refractivity contribution in [2.45, 2.75) is 33.4 Å². The summed E-state index contributed by atoms with van der Waals surface area (Å²) in [6, 6.07) is 1.84. The molecule has 2 rings (SSSR count). The van der Waals surface area contributed by atoms with Crippen LogP contribution in [0.4, 0.5) is 0 Å². The summed E-state index contributed by atoms with van der Waals surface area (Å²) < 4.78 is 1.90. The molecule has 2 aromatic rings. The molecule has 0 aliphatic carbocycles. The lowest BCUT2D eigenvalue weighted by Gasteiger charge is -2.19. The molecule has 0 aromatic carbocycles. The molecule has 0 spiro atoms. The Bertz CT molecular complexity index is 552. The monoisotopic (exact) mass is 279 g/mol. The van der Waals surface area contributed by atoms with Gasteiger partial charge in [0.25, 0.3) is 0 Å². The largest absolute Gasteiger partial charge is 0.304 e. The molecule has 0 saturated carbocycles. The van der Waals surface area contributed by atoms with Gasteiger partial charge in [-0.05, 0) is 26.5 Å². The molecule has 0 aliphatic rings. The third-order valence-electron chi connectivity index (χ3n) is 2.91. The minimum absolute atomic E-state index is 0.0679. The molecule has 0 aliphatic heterocycles. The highest BCUT2D eigenvalue weighted by Gasteiger charge is 2.22. The van der Waals surface area contributed by atoms with Gasteiger partial charge in [0.1, 0.15) is 5.82 Å². The van der Waals surface area contributed by atoms with Gasteiger partial charge in [-0.3, -0.25) is 4.68 Å². The highest BCUT2D eigenvalue weighted by molar-refractivity contribution is 6.31. The average molecular weight is 280 g/mol. The van der Waals surface area contributed by atoms with Crippen LogP contribution < -0.4 is 5.32 Å². The first kappa shape index (κ1) is 14.0. The summed E-state index contributed by atoms with van der Waals surface area (Å²) in [7, 11) is 0. The molecule has 0 radical (unpaired) electrons. The van der Waals surface area contributed by atoms with E-state index in [1.807, 2.05) is 24.6 Å². The van der Waals surface area contributed by atoms with E-state index in [1.54, 1.807) is 12.4 Å². The van der Waals surface area contributed by atoms with Crippen molar-refractivity contribution < 1.29 is 0 Å². The van der Waals surface area contributed by atoms with Crippen molar-refractivity contribution in [2.24, 2.45) is 0 Å². The fraction of sp³-hybridized carbons (Fsp3) is 0.462. The van der Waals surface area contributed by atoms with E-state index in [4.69, 9.17) is 11.6 Å². The second-order valence-electron chi connectivity index (χ2n) is 4.21. The first-order chi connectivity index (χ1) is 9.17. The molecule has 19 heavy (non-hydrogen) atoms. The summed E-state index contributed by atoms with van der Waals surface area (Å²) in [6.45, 7) is 7.57. The lowest BCUT2D eigenvalue weighted by Crippen LogP contribution is -2.26. The van der Waals surface area contributed by atoms with Crippen LogP contribution in [-0.2, 0) is 6.54 Å². The Labute approximate surface area is 118 Å². The van der Waals surface area contributed by atoms with E-state index in [9.17, 15) is 0 Å². The molecule has 0 fully saturated rings. The van der Waals surface area contributed by atoms with E-state index in [0.717, 1.165) is 30.3 Å². The van der Waals surface area contributed by atoms with Crippen molar-refractivity contribution in [3.63, 3.8) is 0 Å². The average Bonchev–Trinajstić information content (AvgIpc) is 2.77. The summed E-state index contributed by atoms with van der Waals surface area (Å²) >= 11 is 6.28. The topological polar surface area (TPSA) is 55.6 Å². The first-order valence-electron chi connectivity index (χ1n) is 6.41. The number of nitrogens with zero attached hydrogens (tertiary/aromatic N) is 4. The SMILES string of the molecule is CCNC(c1ccnc(C)n1)c1c(Cl)cnn1CC. The quantitative estimate of drug-likeness (QED) is 0.913. The number of halogens is 1. The predicted molar refractivity (Wildman–Crippen MR) is 75.2 cm³/mol. The Morgan fingerprint density at radius 3 is 2.84 bits per heavy atom. The molecule has 1 N–H and O–H groups in total. The van der Waals surface area contributed by atoms with E-state index in [0.29, 0.717) is 5.02 Å². The zero-order valence-corrected chi connectivity index (χ0v) is 12.1. The zero-order chi connectivity index (χ0) is 13.8. The van der Waals surface area contributed by atoms with Gasteiger partial charge in [0.15, 0.2) is 0 Å². The van der Waals surface area contributed by atoms with E-state index in [-0.39, 0.29) is 6.04 Å². The van der Waals surface area contributed by atoms with E-state index in [1.165, 1.54) is 0 Å². The molecule has 1 atom stereocenters. The van der Waals surface area contributed by atoms with Gasteiger partial charge in [0.05, 0.1) is 28.6 Å². The molecule has 2 heterocycles. The van der Waals surface area contributed by atoms with Crippen molar-refractivity contribution >= 4 is 11.6 Å². The van der Waals surface area contributed by atoms with E-state index < -0.39 is 0 Å². The number of aromatic nitrogens is 4. The Morgan fingerprint density at radius 1 is 1.42 bits per heavy atom. The molecule has 5 nitrogen and oxygen atoms in total. The summed E-state index contributed by atoms with van der Waals surface area (Å²) in [4.78, 5) is 8.63. The second kappa shape index (κ2) is 6.12. The van der Waals surface area contributed by atoms with Gasteiger partial charge in [0, 0.05) is 12.7 Å². The zero-order valence-electron chi connectivity index (χ0n) is 11.4. The van der Waals surface area contributed by atoms with Crippen LogP contribution in [0.15, 0.2) is 18.5 Å². The van der Waals surface area contributed by atoms with Crippen LogP contribution in [0.2, 0.25) is 5.02 Å². The molecule has 1 unspecified atom stereocenters. The lowest BCUT2D eigenvalue weighted by molar-refractivity contribution is 0.533. The predicted octanol–water partition coefficient (Wildman–Crippen LogP) is 2.35. The minimum Gasteiger partial charge on any atom is -0.304 e. The van der Waals surface area contributed by atoms with Gasteiger partial charge in [-0.15, -0.1) is 0 Å². The Hall–Kier alpha value is -1.46. The highest BCUT2D eigenvalue weighted by atomic mass is 35.5. The van der Waals surface area contributed by atoms with Crippen LogP contribution in [0, 0.1) is 6.92 Å². The van der Waals surface area contributed by atoms with Gasteiger partial charge in [0.2, 0.25) is 0 Å². The van der Waals surface area contributed by atoms with Crippen LogP contribution in [0.3, 0.4) is 0 Å². The summed E-state index contributed by atoms with van der Waals surface area (Å²) in [5.74, 6) is 0.749. The number of aryl methyl sites for hydroxylation is 2. The molecule has 0 amide bonds. The van der Waals surface area contributed by atoms with Crippen LogP contribution >= 0.6 is 11.6 Å². The number of hydrogen-bond acceptors (Lipinski definition) is 4. The van der Waals surface area contributed by atoms with Gasteiger partial charge in [-0.2, -0.15) is 5.10 Å². The Balaban J connectivity index is 2.48. The van der Waals surface area contributed by atoms with Crippen molar-refractivity contribution in [1.29, 1.82) is 0 Å². The molecular weight excluding hydrogens is 262 g/mol. The second-order valence-corrected chi connectivity index (χ2v) is 4.62. The maximum absolute atomic E-state index is 6.28. The van der Waals surface area contributed by atoms with Crippen molar-refractivity contribution in [3.8, 4) is 0 Å². The molecule has 6 heteroatoms. The van der Waals surface area contributed by atoms with Gasteiger partial charge >= 0.3 is 0 Å². The minimum atomic E-state index is -0.0679. The van der Waals surface area contributed by atoms with E-state index >= 15 is 0 Å². The standard InChI is InChI=1S/C13H18ClN5/c1-4-15-12(11-6-7-16-9(3)18-11)13-10(14)8-17-19(13)5-2/h6-8,12,15H,4-5H2,1-3H3. The normalized spacial score (nSPS) is 12.6. The fourth-order valence-electron chi connectivity index (χ4n) is 2.09. The molecule has 2 aromatic heterocycles. The van der Waals surface area contributed by atoms with E-state index in [2.05, 4.69) is 27.3 Å². The Morgan fingerprint density at radius 2 is 2.21 bits per heavy atom. The van der Waals surface area contributed by atoms with Crippen LogP contribution in [-0.4, -0.2) is 26.3 Å². The van der Waals surface area contributed by atoms with Crippen LogP contribution in [0.1, 0.15) is 37.1 Å². The highest BCUT2D eigenvalue weighted by Crippen LogP contribution is 2.27. The summed E-state index contributed by atoms with van der Waals surface area (Å²) in [5.41, 5.74) is 1.86. The Kier molecular flexibility index (Phi) is 4.50. The number of rotatable bonds is 5. The molecule has 102 valence electrons. The maximum Gasteiger partial charge on any atom is 0.125 e. The third kappa shape index (κ3) is 2.93. The van der Waals surface area contributed by atoms with Gasteiger partial charge in [-0.1, -0.05) is 18.5 Å². The molecule has 0 bridgehead atoms. The third-order valence-corrected chi connectivity index (χ3v) is 3.20. The van der Waals surface area contributed by atoms with Gasteiger partial charge in [-0.25, -0.2) is 9.97 Å². The fourth-order valence-corrected chi connectivity index (χ4v) is 2.34. The number of nitrogens with one attached hydrogen (secondary N) is 1. The van der Waals surface area contributed by atoms with Crippen molar-refractivity contribution in [2.75, 3.05) is 6.54 Å². The summed E-state index contributed by atoms with van der Waals surface area (Å²) in [5, 5.41) is 8.35. The smallest absolute Gasteiger partial charge is 0.125 e. The molecule has 0 saturated heterocycles. The first-order valence-corrected chi connectivity index (χ1v) is 6.79. The maximum atomic E-state index is 6.28. The summed E-state index contributed by atoms with van der Waals surface area (Å²) in [6.07, 6.45) is 3.45. The van der Waals surface area contributed by atoms with Gasteiger partial charge < -0.3 is 5.32 Å². The lowest BCUT2D eigenvalue weighted by atomic mass is 10.1. The van der Waals surface area contributed by atoms with Crippen LogP contribution in [0.5, 0.6) is 0 Å².